The lowest BCUT2D eigenvalue weighted by Crippen LogP contribution is -2.56. The molecular formula is C21H33NO3. The van der Waals surface area contributed by atoms with E-state index < -0.39 is 0 Å². The highest BCUT2D eigenvalue weighted by Gasteiger charge is 2.67. The number of fused-ring (bicyclic) bond motifs is 6. The highest BCUT2D eigenvalue weighted by Crippen LogP contribution is 2.68. The van der Waals surface area contributed by atoms with Gasteiger partial charge in [0.05, 0.1) is 13.2 Å². The Bertz CT molecular complexity index is 571. The van der Waals surface area contributed by atoms with E-state index in [1.165, 1.54) is 32.1 Å². The maximum atomic E-state index is 12.0. The van der Waals surface area contributed by atoms with Crippen molar-refractivity contribution in [1.82, 2.24) is 5.32 Å². The van der Waals surface area contributed by atoms with Crippen molar-refractivity contribution < 1.29 is 14.3 Å². The van der Waals surface area contributed by atoms with Crippen molar-refractivity contribution in [2.24, 2.45) is 34.5 Å². The van der Waals surface area contributed by atoms with Crippen molar-refractivity contribution in [3.05, 3.63) is 0 Å². The van der Waals surface area contributed by atoms with Crippen LogP contribution >= 0.6 is 0 Å². The standard InChI is InChI=1S/C21H33NO3/c1-19-8-7-18(23)22-13-14(19)3-4-15-16(19)5-9-20(2)17(15)6-10-21(20)24-11-12-25-21/h14-17H,3-13H2,1-2H3,(H,22,23). The summed E-state index contributed by atoms with van der Waals surface area (Å²) >= 11 is 0. The molecule has 0 bridgehead atoms. The van der Waals surface area contributed by atoms with Crippen LogP contribution in [0.3, 0.4) is 0 Å². The van der Waals surface area contributed by atoms with E-state index in [9.17, 15) is 4.79 Å². The van der Waals surface area contributed by atoms with Crippen LogP contribution < -0.4 is 5.32 Å². The molecule has 2 saturated heterocycles. The Labute approximate surface area is 151 Å². The number of rotatable bonds is 0. The Morgan fingerprint density at radius 1 is 0.960 bits per heavy atom. The number of carbonyl (C=O) groups excluding carboxylic acids is 1. The second-order valence-corrected chi connectivity index (χ2v) is 9.91. The topological polar surface area (TPSA) is 47.6 Å². The monoisotopic (exact) mass is 347 g/mol. The summed E-state index contributed by atoms with van der Waals surface area (Å²) in [7, 11) is 0. The van der Waals surface area contributed by atoms with Gasteiger partial charge < -0.3 is 14.8 Å². The van der Waals surface area contributed by atoms with Crippen molar-refractivity contribution in [2.45, 2.75) is 71.0 Å². The molecule has 1 N–H and O–H groups in total. The van der Waals surface area contributed by atoms with Crippen LogP contribution in [0.2, 0.25) is 0 Å². The lowest BCUT2D eigenvalue weighted by atomic mass is 9.46. The van der Waals surface area contributed by atoms with Gasteiger partial charge in [-0.1, -0.05) is 13.8 Å². The molecule has 0 aromatic carbocycles. The van der Waals surface area contributed by atoms with Crippen molar-refractivity contribution >= 4 is 5.91 Å². The van der Waals surface area contributed by atoms with Crippen LogP contribution in [0, 0.1) is 34.5 Å². The van der Waals surface area contributed by atoms with Gasteiger partial charge in [-0.3, -0.25) is 4.79 Å². The Morgan fingerprint density at radius 2 is 1.72 bits per heavy atom. The van der Waals surface area contributed by atoms with Crippen LogP contribution in [0.25, 0.3) is 0 Å². The quantitative estimate of drug-likeness (QED) is 0.729. The van der Waals surface area contributed by atoms with E-state index in [0.29, 0.717) is 17.8 Å². The third-order valence-electron chi connectivity index (χ3n) is 9.30. The summed E-state index contributed by atoms with van der Waals surface area (Å²) in [5.41, 5.74) is 0.517. The molecule has 1 amide bonds. The molecule has 0 aromatic heterocycles. The fourth-order valence-electron chi connectivity index (χ4n) is 7.85. The van der Waals surface area contributed by atoms with Gasteiger partial charge in [-0.05, 0) is 67.6 Å². The molecule has 25 heavy (non-hydrogen) atoms. The third kappa shape index (κ3) is 2.10. The Hall–Kier alpha value is -0.610. The first kappa shape index (κ1) is 16.6. The minimum atomic E-state index is -0.290. The van der Waals surface area contributed by atoms with E-state index in [2.05, 4.69) is 19.2 Å². The van der Waals surface area contributed by atoms with Crippen LogP contribution in [-0.2, 0) is 14.3 Å². The predicted octanol–water partition coefficient (Wildman–Crippen LogP) is 3.50. The largest absolute Gasteiger partial charge is 0.356 e. The molecule has 4 heteroatoms. The second kappa shape index (κ2) is 5.45. The van der Waals surface area contributed by atoms with Gasteiger partial charge in [-0.25, -0.2) is 0 Å². The van der Waals surface area contributed by atoms with Crippen molar-refractivity contribution in [2.75, 3.05) is 19.8 Å². The molecule has 4 nitrogen and oxygen atoms in total. The first-order chi connectivity index (χ1) is 12.0. The Kier molecular flexibility index (Phi) is 3.61. The van der Waals surface area contributed by atoms with E-state index in [-0.39, 0.29) is 17.1 Å². The molecule has 5 rings (SSSR count). The summed E-state index contributed by atoms with van der Waals surface area (Å²) < 4.78 is 12.5. The molecule has 0 aromatic rings. The molecule has 2 aliphatic heterocycles. The summed E-state index contributed by atoms with van der Waals surface area (Å²) in [5, 5.41) is 3.18. The van der Waals surface area contributed by atoms with Gasteiger partial charge in [-0.15, -0.1) is 0 Å². The molecule has 6 unspecified atom stereocenters. The maximum absolute atomic E-state index is 12.0. The van der Waals surface area contributed by atoms with Gasteiger partial charge >= 0.3 is 0 Å². The minimum Gasteiger partial charge on any atom is -0.356 e. The van der Waals surface area contributed by atoms with Crippen LogP contribution in [-0.4, -0.2) is 31.5 Å². The van der Waals surface area contributed by atoms with Gasteiger partial charge in [0.15, 0.2) is 5.79 Å². The van der Waals surface area contributed by atoms with Crippen LogP contribution in [0.1, 0.15) is 65.2 Å². The van der Waals surface area contributed by atoms with Crippen LogP contribution in [0.5, 0.6) is 0 Å². The molecule has 6 atom stereocenters. The molecule has 5 fully saturated rings. The third-order valence-corrected chi connectivity index (χ3v) is 9.30. The summed E-state index contributed by atoms with van der Waals surface area (Å²) in [6.07, 6.45) is 9.25. The molecule has 3 aliphatic carbocycles. The zero-order chi connectivity index (χ0) is 17.3. The maximum Gasteiger partial charge on any atom is 0.220 e. The van der Waals surface area contributed by atoms with Crippen molar-refractivity contribution in [1.29, 1.82) is 0 Å². The number of ether oxygens (including phenoxy) is 2. The highest BCUT2D eigenvalue weighted by atomic mass is 16.7. The average Bonchev–Trinajstić information content (AvgIpc) is 3.15. The summed E-state index contributed by atoms with van der Waals surface area (Å²) in [4.78, 5) is 12.0. The van der Waals surface area contributed by atoms with E-state index in [1.807, 2.05) is 0 Å². The van der Waals surface area contributed by atoms with Gasteiger partial charge in [0.25, 0.3) is 0 Å². The summed E-state index contributed by atoms with van der Waals surface area (Å²) in [6.45, 7) is 7.40. The minimum absolute atomic E-state index is 0.187. The summed E-state index contributed by atoms with van der Waals surface area (Å²) in [6, 6.07) is 0. The number of hydrogen-bond acceptors (Lipinski definition) is 3. The van der Waals surface area contributed by atoms with E-state index in [4.69, 9.17) is 9.47 Å². The number of nitrogens with one attached hydrogen (secondary N) is 1. The number of carbonyl (C=O) groups is 1. The fourth-order valence-corrected chi connectivity index (χ4v) is 7.85. The SMILES string of the molecule is CC12CCC(=O)NCC1CCC1C2CCC2(C)C1CCC21OCCO1. The number of amides is 1. The zero-order valence-corrected chi connectivity index (χ0v) is 15.8. The van der Waals surface area contributed by atoms with Crippen molar-refractivity contribution in [3.8, 4) is 0 Å². The Morgan fingerprint density at radius 3 is 2.52 bits per heavy atom. The molecule has 1 spiro atoms. The lowest BCUT2D eigenvalue weighted by Gasteiger charge is -2.59. The highest BCUT2D eigenvalue weighted by molar-refractivity contribution is 5.76. The second-order valence-electron chi connectivity index (χ2n) is 9.91. The van der Waals surface area contributed by atoms with Gasteiger partial charge in [0.1, 0.15) is 0 Å². The fraction of sp³-hybridized carbons (Fsp3) is 0.952. The lowest BCUT2D eigenvalue weighted by molar-refractivity contribution is -0.246. The van der Waals surface area contributed by atoms with E-state index in [1.54, 1.807) is 0 Å². The molecule has 2 heterocycles. The van der Waals surface area contributed by atoms with Gasteiger partial charge in [-0.2, -0.15) is 0 Å². The van der Waals surface area contributed by atoms with Crippen LogP contribution in [0.4, 0.5) is 0 Å². The first-order valence-electron chi connectivity index (χ1n) is 10.5. The normalized spacial score (nSPS) is 51.4. The molecule has 140 valence electrons. The number of hydrogen-bond donors (Lipinski definition) is 1. The van der Waals surface area contributed by atoms with Crippen LogP contribution in [0.15, 0.2) is 0 Å². The Balaban J connectivity index is 1.46. The van der Waals surface area contributed by atoms with Gasteiger partial charge in [0, 0.05) is 24.8 Å². The molecule has 5 aliphatic rings. The molecular weight excluding hydrogens is 314 g/mol. The molecule has 3 saturated carbocycles. The molecule has 0 radical (unpaired) electrons. The summed E-state index contributed by atoms with van der Waals surface area (Å²) in [5.74, 6) is 2.93. The average molecular weight is 347 g/mol. The first-order valence-corrected chi connectivity index (χ1v) is 10.5. The predicted molar refractivity (Wildman–Crippen MR) is 94.8 cm³/mol. The zero-order valence-electron chi connectivity index (χ0n) is 15.8. The van der Waals surface area contributed by atoms with Gasteiger partial charge in [0.2, 0.25) is 5.91 Å². The van der Waals surface area contributed by atoms with Crippen molar-refractivity contribution in [3.63, 3.8) is 0 Å². The van der Waals surface area contributed by atoms with E-state index in [0.717, 1.165) is 50.4 Å². The van der Waals surface area contributed by atoms with E-state index >= 15 is 0 Å². The smallest absolute Gasteiger partial charge is 0.220 e.